The Morgan fingerprint density at radius 1 is 1.07 bits per heavy atom. The molecule has 0 bridgehead atoms. The predicted molar refractivity (Wildman–Crippen MR) is 102 cm³/mol. The minimum absolute atomic E-state index is 0.175. The number of aliphatic carboxylic acids is 1. The third kappa shape index (κ3) is 4.99. The predicted octanol–water partition coefficient (Wildman–Crippen LogP) is 3.49. The summed E-state index contributed by atoms with van der Waals surface area (Å²) in [6.07, 6.45) is 0.175. The van der Waals surface area contributed by atoms with Crippen molar-refractivity contribution in [3.05, 3.63) is 64.7 Å². The molecule has 0 saturated carbocycles. The van der Waals surface area contributed by atoms with Crippen molar-refractivity contribution in [2.24, 2.45) is 0 Å². The number of ether oxygens (including phenoxy) is 2. The van der Waals surface area contributed by atoms with Crippen molar-refractivity contribution >= 4 is 23.5 Å². The third-order valence-electron chi connectivity index (χ3n) is 4.23. The number of benzene rings is 2. The number of carbonyl (C=O) groups is 2. The highest BCUT2D eigenvalue weighted by atomic mass is 35.5. The fraction of sp³-hybridized carbons (Fsp3) is 0.300. The van der Waals surface area contributed by atoms with Crippen LogP contribution in [-0.2, 0) is 15.1 Å². The van der Waals surface area contributed by atoms with Gasteiger partial charge >= 0.3 is 5.97 Å². The van der Waals surface area contributed by atoms with Gasteiger partial charge in [-0.25, -0.2) is 4.79 Å². The van der Waals surface area contributed by atoms with Crippen LogP contribution in [0.1, 0.15) is 29.3 Å². The molecule has 1 amide bonds. The molecule has 0 aliphatic heterocycles. The molecule has 144 valence electrons. The molecule has 0 fully saturated rings. The molecule has 2 aromatic rings. The topological polar surface area (TPSA) is 84.9 Å². The van der Waals surface area contributed by atoms with E-state index in [2.05, 4.69) is 5.32 Å². The van der Waals surface area contributed by atoms with Crippen molar-refractivity contribution in [1.29, 1.82) is 0 Å². The van der Waals surface area contributed by atoms with Crippen LogP contribution >= 0.6 is 11.6 Å². The highest BCUT2D eigenvalue weighted by molar-refractivity contribution is 6.30. The van der Waals surface area contributed by atoms with Gasteiger partial charge in [-0.3, -0.25) is 4.79 Å². The van der Waals surface area contributed by atoms with Crippen molar-refractivity contribution in [2.75, 3.05) is 20.3 Å². The Kier molecular flexibility index (Phi) is 7.21. The van der Waals surface area contributed by atoms with Crippen molar-refractivity contribution in [1.82, 2.24) is 5.32 Å². The molecular weight excluding hydrogens is 370 g/mol. The summed E-state index contributed by atoms with van der Waals surface area (Å²) in [4.78, 5) is 24.7. The highest BCUT2D eigenvalue weighted by Gasteiger charge is 2.40. The lowest BCUT2D eigenvalue weighted by molar-refractivity contribution is -0.145. The van der Waals surface area contributed by atoms with Crippen LogP contribution in [-0.4, -0.2) is 37.3 Å². The molecule has 0 heterocycles. The lowest BCUT2D eigenvalue weighted by Crippen LogP contribution is -2.51. The van der Waals surface area contributed by atoms with E-state index in [0.29, 0.717) is 35.1 Å². The Hall–Kier alpha value is -2.57. The molecule has 0 aromatic heterocycles. The van der Waals surface area contributed by atoms with Gasteiger partial charge in [0.1, 0.15) is 12.4 Å². The minimum atomic E-state index is -1.55. The van der Waals surface area contributed by atoms with Gasteiger partial charge in [0, 0.05) is 17.7 Å². The average Bonchev–Trinajstić information content (AvgIpc) is 2.67. The maximum Gasteiger partial charge on any atom is 0.334 e. The summed E-state index contributed by atoms with van der Waals surface area (Å²) >= 11 is 5.89. The molecular formula is C20H22ClNO5. The molecule has 2 rings (SSSR count). The van der Waals surface area contributed by atoms with Crippen LogP contribution < -0.4 is 10.1 Å². The van der Waals surface area contributed by atoms with Crippen molar-refractivity contribution < 1.29 is 24.2 Å². The highest BCUT2D eigenvalue weighted by Crippen LogP contribution is 2.27. The van der Waals surface area contributed by atoms with E-state index in [9.17, 15) is 14.7 Å². The van der Waals surface area contributed by atoms with Crippen LogP contribution in [0.4, 0.5) is 0 Å². The second-order valence-electron chi connectivity index (χ2n) is 5.89. The van der Waals surface area contributed by atoms with Crippen molar-refractivity contribution in [3.8, 4) is 5.75 Å². The van der Waals surface area contributed by atoms with E-state index in [1.54, 1.807) is 62.6 Å². The maximum absolute atomic E-state index is 12.7. The molecule has 0 spiro atoms. The Bertz CT molecular complexity index is 776. The summed E-state index contributed by atoms with van der Waals surface area (Å²) in [5.41, 5.74) is -0.758. The number of amides is 1. The van der Waals surface area contributed by atoms with Crippen LogP contribution in [0.5, 0.6) is 5.75 Å². The van der Waals surface area contributed by atoms with Crippen LogP contribution in [0.3, 0.4) is 0 Å². The Balaban J connectivity index is 2.21. The van der Waals surface area contributed by atoms with Gasteiger partial charge in [-0.15, -0.1) is 0 Å². The van der Waals surface area contributed by atoms with Gasteiger partial charge in [-0.2, -0.15) is 0 Å². The van der Waals surface area contributed by atoms with Crippen molar-refractivity contribution in [3.63, 3.8) is 0 Å². The van der Waals surface area contributed by atoms with E-state index in [4.69, 9.17) is 21.1 Å². The molecule has 1 unspecified atom stereocenters. The van der Waals surface area contributed by atoms with Crippen molar-refractivity contribution in [2.45, 2.75) is 18.9 Å². The second kappa shape index (κ2) is 9.39. The van der Waals surface area contributed by atoms with Gasteiger partial charge in [-0.1, -0.05) is 30.7 Å². The molecule has 2 N–H and O–H groups in total. The smallest absolute Gasteiger partial charge is 0.334 e. The average molecular weight is 392 g/mol. The largest absolute Gasteiger partial charge is 0.491 e. The lowest BCUT2D eigenvalue weighted by Gasteiger charge is -2.30. The van der Waals surface area contributed by atoms with E-state index in [-0.39, 0.29) is 6.42 Å². The zero-order chi connectivity index (χ0) is 19.9. The number of carbonyl (C=O) groups excluding carboxylic acids is 1. The summed E-state index contributed by atoms with van der Waals surface area (Å²) in [5, 5.41) is 13.0. The zero-order valence-electron chi connectivity index (χ0n) is 15.2. The molecule has 0 aliphatic rings. The Morgan fingerprint density at radius 3 is 2.22 bits per heavy atom. The van der Waals surface area contributed by atoms with E-state index in [0.717, 1.165) is 0 Å². The molecule has 0 saturated heterocycles. The molecule has 2 aromatic carbocycles. The monoisotopic (exact) mass is 391 g/mol. The first-order chi connectivity index (χ1) is 12.9. The van der Waals surface area contributed by atoms with Gasteiger partial charge in [0.2, 0.25) is 0 Å². The first-order valence-corrected chi connectivity index (χ1v) is 8.84. The molecule has 6 nitrogen and oxygen atoms in total. The zero-order valence-corrected chi connectivity index (χ0v) is 16.0. The SMILES string of the molecule is CCC(NC(=O)c1ccc(OCCOC)cc1)(C(=O)O)c1ccc(Cl)cc1. The number of rotatable bonds is 9. The number of halogens is 1. The van der Waals surface area contributed by atoms with Gasteiger partial charge < -0.3 is 19.9 Å². The molecule has 0 radical (unpaired) electrons. The van der Waals surface area contributed by atoms with Crippen LogP contribution in [0, 0.1) is 0 Å². The Morgan fingerprint density at radius 2 is 1.70 bits per heavy atom. The summed E-state index contributed by atoms with van der Waals surface area (Å²) < 4.78 is 10.4. The van der Waals surface area contributed by atoms with Gasteiger partial charge in [-0.05, 0) is 48.4 Å². The van der Waals surface area contributed by atoms with E-state index < -0.39 is 17.4 Å². The van der Waals surface area contributed by atoms with Gasteiger partial charge in [0.05, 0.1) is 6.61 Å². The summed E-state index contributed by atoms with van der Waals surface area (Å²) in [6.45, 7) is 2.56. The number of carboxylic acid groups (broad SMARTS) is 1. The number of carboxylic acids is 1. The van der Waals surface area contributed by atoms with Gasteiger partial charge in [0.15, 0.2) is 5.54 Å². The molecule has 0 aliphatic carbocycles. The van der Waals surface area contributed by atoms with E-state index in [1.807, 2.05) is 0 Å². The fourth-order valence-corrected chi connectivity index (χ4v) is 2.76. The minimum Gasteiger partial charge on any atom is -0.491 e. The molecule has 27 heavy (non-hydrogen) atoms. The third-order valence-corrected chi connectivity index (χ3v) is 4.48. The van der Waals surface area contributed by atoms with Crippen LogP contribution in [0.25, 0.3) is 0 Å². The first-order valence-electron chi connectivity index (χ1n) is 8.46. The lowest BCUT2D eigenvalue weighted by atomic mass is 9.87. The van der Waals surface area contributed by atoms with Gasteiger partial charge in [0.25, 0.3) is 5.91 Å². The molecule has 7 heteroatoms. The van der Waals surface area contributed by atoms with Crippen LogP contribution in [0.15, 0.2) is 48.5 Å². The normalized spacial score (nSPS) is 12.9. The number of methoxy groups -OCH3 is 1. The number of hydrogen-bond acceptors (Lipinski definition) is 4. The first kappa shape index (κ1) is 20.7. The fourth-order valence-electron chi connectivity index (χ4n) is 2.64. The Labute approximate surface area is 163 Å². The standard InChI is InChI=1S/C20H22ClNO5/c1-3-20(19(24)25,15-6-8-16(21)9-7-15)22-18(23)14-4-10-17(11-5-14)27-13-12-26-2/h4-11H,3,12-13H2,1-2H3,(H,22,23)(H,24,25). The van der Waals surface area contributed by atoms with E-state index >= 15 is 0 Å². The van der Waals surface area contributed by atoms with Crippen LogP contribution in [0.2, 0.25) is 5.02 Å². The quantitative estimate of drug-likeness (QED) is 0.639. The summed E-state index contributed by atoms with van der Waals surface area (Å²) in [5.74, 6) is -1.03. The molecule has 1 atom stereocenters. The number of hydrogen-bond donors (Lipinski definition) is 2. The van der Waals surface area contributed by atoms with E-state index in [1.165, 1.54) is 0 Å². The maximum atomic E-state index is 12.7. The summed E-state index contributed by atoms with van der Waals surface area (Å²) in [7, 11) is 1.58. The number of nitrogens with one attached hydrogen (secondary N) is 1. The summed E-state index contributed by atoms with van der Waals surface area (Å²) in [6, 6.07) is 12.9. The second-order valence-corrected chi connectivity index (χ2v) is 6.33.